The highest BCUT2D eigenvalue weighted by Crippen LogP contribution is 2.23. The molecule has 2 heterocycles. The molecule has 1 aromatic heterocycles. The van der Waals surface area contributed by atoms with Crippen LogP contribution < -0.4 is 5.32 Å². The minimum absolute atomic E-state index is 0.0447. The Morgan fingerprint density at radius 3 is 2.46 bits per heavy atom. The molecule has 0 saturated carbocycles. The van der Waals surface area contributed by atoms with Crippen LogP contribution in [0.2, 0.25) is 0 Å². The second kappa shape index (κ2) is 8.69. The topological polar surface area (TPSA) is 65.5 Å². The van der Waals surface area contributed by atoms with Crippen LogP contribution in [-0.4, -0.2) is 65.4 Å². The van der Waals surface area contributed by atoms with Crippen LogP contribution in [0.5, 0.6) is 0 Å². The van der Waals surface area contributed by atoms with Gasteiger partial charge in [0.1, 0.15) is 0 Å². The molecule has 2 aromatic rings. The number of rotatable bonds is 5. The molecule has 0 bridgehead atoms. The maximum Gasteiger partial charge on any atom is 0.234 e. The van der Waals surface area contributed by atoms with Crippen molar-refractivity contribution in [1.82, 2.24) is 20.1 Å². The average Bonchev–Trinajstić information content (AvgIpc) is 2.65. The highest BCUT2D eigenvalue weighted by Gasteiger charge is 2.24. The lowest BCUT2D eigenvalue weighted by molar-refractivity contribution is -0.132. The van der Waals surface area contributed by atoms with Gasteiger partial charge in [-0.1, -0.05) is 18.2 Å². The van der Waals surface area contributed by atoms with Crippen LogP contribution in [0.3, 0.4) is 0 Å². The Balaban J connectivity index is 1.61. The van der Waals surface area contributed by atoms with E-state index in [4.69, 9.17) is 0 Å². The zero-order chi connectivity index (χ0) is 20.3. The first-order chi connectivity index (χ1) is 13.3. The van der Waals surface area contributed by atoms with Crippen molar-refractivity contribution in [1.29, 1.82) is 0 Å². The van der Waals surface area contributed by atoms with Gasteiger partial charge in [-0.05, 0) is 44.9 Å². The third kappa shape index (κ3) is 4.68. The van der Waals surface area contributed by atoms with Gasteiger partial charge in [0.15, 0.2) is 0 Å². The van der Waals surface area contributed by atoms with E-state index in [0.29, 0.717) is 26.1 Å². The Morgan fingerprint density at radius 2 is 1.79 bits per heavy atom. The lowest BCUT2D eigenvalue weighted by Crippen LogP contribution is -2.51. The van der Waals surface area contributed by atoms with Crippen molar-refractivity contribution in [3.63, 3.8) is 0 Å². The molecule has 1 saturated heterocycles. The van der Waals surface area contributed by atoms with Crippen LogP contribution in [0.1, 0.15) is 30.7 Å². The summed E-state index contributed by atoms with van der Waals surface area (Å²) in [6.45, 7) is 11.1. The number of carbonyl (C=O) groups excluding carboxylic acids is 2. The fraction of sp³-hybridized carbons (Fsp3) is 0.500. The van der Waals surface area contributed by atoms with Crippen molar-refractivity contribution in [2.75, 3.05) is 32.7 Å². The molecule has 150 valence electrons. The van der Waals surface area contributed by atoms with Crippen LogP contribution in [0.25, 0.3) is 10.9 Å². The number of pyridine rings is 1. The number of aromatic nitrogens is 1. The molecule has 1 aliphatic rings. The predicted molar refractivity (Wildman–Crippen MR) is 111 cm³/mol. The van der Waals surface area contributed by atoms with Crippen molar-refractivity contribution in [2.45, 2.75) is 40.2 Å². The normalized spacial score (nSPS) is 15.2. The monoisotopic (exact) mass is 382 g/mol. The first-order valence-corrected chi connectivity index (χ1v) is 9.99. The van der Waals surface area contributed by atoms with Gasteiger partial charge in [-0.3, -0.25) is 19.5 Å². The maximum atomic E-state index is 12.9. The van der Waals surface area contributed by atoms with Crippen molar-refractivity contribution in [2.24, 2.45) is 0 Å². The number of benzene rings is 1. The van der Waals surface area contributed by atoms with E-state index >= 15 is 0 Å². The van der Waals surface area contributed by atoms with Crippen LogP contribution in [0.15, 0.2) is 24.3 Å². The van der Waals surface area contributed by atoms with Gasteiger partial charge in [-0.15, -0.1) is 0 Å². The van der Waals surface area contributed by atoms with Crippen molar-refractivity contribution in [3.05, 3.63) is 41.1 Å². The van der Waals surface area contributed by atoms with Crippen molar-refractivity contribution < 1.29 is 9.59 Å². The summed E-state index contributed by atoms with van der Waals surface area (Å²) in [4.78, 5) is 33.5. The highest BCUT2D eigenvalue weighted by molar-refractivity contribution is 5.86. The first-order valence-electron chi connectivity index (χ1n) is 9.99. The molecule has 6 nitrogen and oxygen atoms in total. The number of hydrogen-bond donors (Lipinski definition) is 1. The average molecular weight is 383 g/mol. The van der Waals surface area contributed by atoms with E-state index in [1.165, 1.54) is 0 Å². The molecule has 6 heteroatoms. The van der Waals surface area contributed by atoms with Crippen LogP contribution in [-0.2, 0) is 16.0 Å². The number of nitrogens with zero attached hydrogens (tertiary/aromatic N) is 3. The Morgan fingerprint density at radius 1 is 1.11 bits per heavy atom. The molecule has 0 spiro atoms. The van der Waals surface area contributed by atoms with Crippen molar-refractivity contribution >= 4 is 22.7 Å². The van der Waals surface area contributed by atoms with E-state index in [-0.39, 0.29) is 17.9 Å². The van der Waals surface area contributed by atoms with E-state index in [1.54, 1.807) is 0 Å². The van der Waals surface area contributed by atoms with Gasteiger partial charge >= 0.3 is 0 Å². The van der Waals surface area contributed by atoms with Crippen LogP contribution >= 0.6 is 0 Å². The standard InChI is InChI=1S/C22H30N4O2/c1-15(2)23-21(27)14-25-9-11-26(12-10-25)22(28)13-19-16(3)18-7-5-6-8-20(18)24-17(19)4/h5-8,15H,9-14H2,1-4H3,(H,23,27). The molecule has 1 aliphatic heterocycles. The summed E-state index contributed by atoms with van der Waals surface area (Å²) < 4.78 is 0. The van der Waals surface area contributed by atoms with E-state index in [1.807, 2.05) is 43.9 Å². The fourth-order valence-electron chi connectivity index (χ4n) is 3.82. The molecule has 0 atom stereocenters. The summed E-state index contributed by atoms with van der Waals surface area (Å²) in [5.74, 6) is 0.179. The Kier molecular flexibility index (Phi) is 6.29. The summed E-state index contributed by atoms with van der Waals surface area (Å²) in [7, 11) is 0. The highest BCUT2D eigenvalue weighted by atomic mass is 16.2. The lowest BCUT2D eigenvalue weighted by atomic mass is 9.99. The van der Waals surface area contributed by atoms with Crippen LogP contribution in [0.4, 0.5) is 0 Å². The van der Waals surface area contributed by atoms with Gasteiger partial charge in [0.05, 0.1) is 18.5 Å². The zero-order valence-corrected chi connectivity index (χ0v) is 17.3. The minimum atomic E-state index is 0.0447. The number of amides is 2. The molecular weight excluding hydrogens is 352 g/mol. The molecule has 1 aromatic carbocycles. The fourth-order valence-corrected chi connectivity index (χ4v) is 3.82. The van der Waals surface area contributed by atoms with Gasteiger partial charge in [0, 0.05) is 43.3 Å². The summed E-state index contributed by atoms with van der Waals surface area (Å²) in [6, 6.07) is 8.21. The third-order valence-corrected chi connectivity index (χ3v) is 5.36. The molecule has 0 unspecified atom stereocenters. The quantitative estimate of drug-likeness (QED) is 0.860. The summed E-state index contributed by atoms with van der Waals surface area (Å²) >= 11 is 0. The Hall–Kier alpha value is -2.47. The molecular formula is C22H30N4O2. The predicted octanol–water partition coefficient (Wildman–Crippen LogP) is 2.06. The van der Waals surface area contributed by atoms with E-state index < -0.39 is 0 Å². The summed E-state index contributed by atoms with van der Waals surface area (Å²) in [5.41, 5.74) is 4.07. The van der Waals surface area contributed by atoms with Gasteiger partial charge in [-0.2, -0.15) is 0 Å². The van der Waals surface area contributed by atoms with Gasteiger partial charge in [0.2, 0.25) is 11.8 Å². The van der Waals surface area contributed by atoms with Crippen LogP contribution in [0, 0.1) is 13.8 Å². The Labute approximate surface area is 166 Å². The molecule has 3 rings (SSSR count). The van der Waals surface area contributed by atoms with E-state index in [9.17, 15) is 9.59 Å². The van der Waals surface area contributed by atoms with Gasteiger partial charge in [-0.25, -0.2) is 0 Å². The SMILES string of the molecule is Cc1nc2ccccc2c(C)c1CC(=O)N1CCN(CC(=O)NC(C)C)CC1. The van der Waals surface area contributed by atoms with Gasteiger partial charge in [0.25, 0.3) is 0 Å². The number of piperazine rings is 1. The number of para-hydroxylation sites is 1. The molecule has 1 N–H and O–H groups in total. The van der Waals surface area contributed by atoms with E-state index in [2.05, 4.69) is 28.2 Å². The molecule has 28 heavy (non-hydrogen) atoms. The summed E-state index contributed by atoms with van der Waals surface area (Å²) in [5, 5.41) is 4.02. The maximum absolute atomic E-state index is 12.9. The lowest BCUT2D eigenvalue weighted by Gasteiger charge is -2.34. The third-order valence-electron chi connectivity index (χ3n) is 5.36. The zero-order valence-electron chi connectivity index (χ0n) is 17.3. The van der Waals surface area contributed by atoms with Gasteiger partial charge < -0.3 is 10.2 Å². The van der Waals surface area contributed by atoms with Crippen molar-refractivity contribution in [3.8, 4) is 0 Å². The minimum Gasteiger partial charge on any atom is -0.353 e. The second-order valence-corrected chi connectivity index (χ2v) is 7.87. The molecule has 1 fully saturated rings. The smallest absolute Gasteiger partial charge is 0.234 e. The summed E-state index contributed by atoms with van der Waals surface area (Å²) in [6.07, 6.45) is 0.378. The number of fused-ring (bicyclic) bond motifs is 1. The molecule has 0 aliphatic carbocycles. The second-order valence-electron chi connectivity index (χ2n) is 7.87. The first kappa shape index (κ1) is 20.3. The van der Waals surface area contributed by atoms with E-state index in [0.717, 1.165) is 40.8 Å². The molecule has 2 amide bonds. The number of carbonyl (C=O) groups is 2. The largest absolute Gasteiger partial charge is 0.353 e. The Bertz CT molecular complexity index is 870. The number of aryl methyl sites for hydroxylation is 2. The molecule has 0 radical (unpaired) electrons. The number of nitrogens with one attached hydrogen (secondary N) is 1. The number of hydrogen-bond acceptors (Lipinski definition) is 4.